The van der Waals surface area contributed by atoms with Gasteiger partial charge in [0, 0.05) is 43.3 Å². The summed E-state index contributed by atoms with van der Waals surface area (Å²) >= 11 is 0. The molecule has 1 saturated heterocycles. The van der Waals surface area contributed by atoms with Crippen LogP contribution in [0, 0.1) is 0 Å². The molecule has 0 atom stereocenters. The van der Waals surface area contributed by atoms with Crippen LogP contribution in [0.4, 0.5) is 5.69 Å². The number of amides is 2. The molecule has 4 aromatic rings. The monoisotopic (exact) mass is 559 g/mol. The predicted molar refractivity (Wildman–Crippen MR) is 154 cm³/mol. The van der Waals surface area contributed by atoms with Crippen LogP contribution in [0.1, 0.15) is 25.7 Å². The number of carbonyl (C=O) groups excluding carboxylic acids is 2. The number of carbonyl (C=O) groups is 2. The minimum absolute atomic E-state index is 0.0448. The summed E-state index contributed by atoms with van der Waals surface area (Å²) in [7, 11) is 1.63. The Kier molecular flexibility index (Phi) is 7.25. The highest BCUT2D eigenvalue weighted by molar-refractivity contribution is 6.02. The molecule has 11 nitrogen and oxygen atoms in total. The molecule has 0 unspecified atom stereocenters. The van der Waals surface area contributed by atoms with Crippen LogP contribution in [0.15, 0.2) is 62.5 Å². The van der Waals surface area contributed by atoms with Crippen molar-refractivity contribution >= 4 is 39.6 Å². The fraction of sp³-hybridized carbons (Fsp3) is 0.400. The van der Waals surface area contributed by atoms with E-state index in [1.54, 1.807) is 36.3 Å². The second-order valence-corrected chi connectivity index (χ2v) is 10.7. The van der Waals surface area contributed by atoms with Gasteiger partial charge in [0.2, 0.25) is 17.4 Å². The van der Waals surface area contributed by atoms with Crippen LogP contribution in [0.25, 0.3) is 22.1 Å². The van der Waals surface area contributed by atoms with Gasteiger partial charge in [-0.3, -0.25) is 19.0 Å². The van der Waals surface area contributed by atoms with Crippen molar-refractivity contribution in [3.05, 3.63) is 69.4 Å². The van der Waals surface area contributed by atoms with Gasteiger partial charge in [-0.15, -0.1) is 0 Å². The maximum atomic E-state index is 13.7. The highest BCUT2D eigenvalue weighted by Crippen LogP contribution is 2.26. The Labute approximate surface area is 235 Å². The van der Waals surface area contributed by atoms with Crippen molar-refractivity contribution in [1.82, 2.24) is 19.4 Å². The smallest absolute Gasteiger partial charge is 0.332 e. The van der Waals surface area contributed by atoms with Crippen LogP contribution >= 0.6 is 0 Å². The van der Waals surface area contributed by atoms with Gasteiger partial charge >= 0.3 is 5.69 Å². The topological polar surface area (TPSA) is 119 Å². The number of nitrogens with zero attached hydrogens (tertiary/aromatic N) is 4. The van der Waals surface area contributed by atoms with Crippen molar-refractivity contribution in [2.45, 2.75) is 44.8 Å². The normalized spacial score (nSPS) is 16.0. The van der Waals surface area contributed by atoms with Crippen LogP contribution in [-0.2, 0) is 22.7 Å². The molecule has 1 N–H and O–H groups in total. The summed E-state index contributed by atoms with van der Waals surface area (Å²) in [5.74, 6) is 0.135. The summed E-state index contributed by atoms with van der Waals surface area (Å²) in [6.07, 6.45) is 3.85. The molecule has 41 heavy (non-hydrogen) atoms. The summed E-state index contributed by atoms with van der Waals surface area (Å²) in [6.45, 7) is 1.54. The lowest BCUT2D eigenvalue weighted by molar-refractivity contribution is -0.132. The Balaban J connectivity index is 1.27. The fourth-order valence-electron chi connectivity index (χ4n) is 5.91. The van der Waals surface area contributed by atoms with Gasteiger partial charge in [0.15, 0.2) is 0 Å². The van der Waals surface area contributed by atoms with Crippen LogP contribution in [0.3, 0.4) is 0 Å². The lowest BCUT2D eigenvalue weighted by atomic mass is 10.2. The molecule has 2 aliphatic rings. The Hall–Kier alpha value is -4.54. The fourth-order valence-corrected chi connectivity index (χ4v) is 5.91. The summed E-state index contributed by atoms with van der Waals surface area (Å²) in [6, 6.07) is 14.9. The quantitative estimate of drug-likeness (QED) is 0.369. The zero-order valence-electron chi connectivity index (χ0n) is 23.0. The van der Waals surface area contributed by atoms with E-state index in [0.717, 1.165) is 41.7 Å². The number of anilines is 1. The Morgan fingerprint density at radius 1 is 0.927 bits per heavy atom. The van der Waals surface area contributed by atoms with Crippen molar-refractivity contribution in [1.29, 1.82) is 0 Å². The number of piperazine rings is 1. The molecule has 1 aliphatic carbocycles. The third-order valence-corrected chi connectivity index (χ3v) is 8.13. The number of benzene rings is 2. The largest absolute Gasteiger partial charge is 0.497 e. The number of ether oxygens (including phenoxy) is 1. The minimum atomic E-state index is -0.708. The van der Waals surface area contributed by atoms with Crippen LogP contribution in [0.2, 0.25) is 0 Å². The van der Waals surface area contributed by atoms with Crippen LogP contribution in [0.5, 0.6) is 5.75 Å². The Morgan fingerprint density at radius 3 is 2.34 bits per heavy atom. The van der Waals surface area contributed by atoms with E-state index in [-0.39, 0.29) is 29.6 Å². The van der Waals surface area contributed by atoms with Gasteiger partial charge < -0.3 is 24.3 Å². The molecular formula is C30H33N5O6. The van der Waals surface area contributed by atoms with Crippen molar-refractivity contribution in [3.8, 4) is 5.75 Å². The molecule has 0 bridgehead atoms. The molecule has 1 saturated carbocycles. The van der Waals surface area contributed by atoms with Gasteiger partial charge in [-0.2, -0.15) is 0 Å². The van der Waals surface area contributed by atoms with E-state index in [9.17, 15) is 19.2 Å². The molecular weight excluding hydrogens is 526 g/mol. The van der Waals surface area contributed by atoms with E-state index in [4.69, 9.17) is 9.15 Å². The lowest BCUT2D eigenvalue weighted by Gasteiger charge is -2.36. The second-order valence-electron chi connectivity index (χ2n) is 10.7. The summed E-state index contributed by atoms with van der Waals surface area (Å²) in [5.41, 5.74) is 0.315. The first kappa shape index (κ1) is 26.7. The third-order valence-electron chi connectivity index (χ3n) is 8.13. The van der Waals surface area contributed by atoms with Gasteiger partial charge in [-0.05, 0) is 49.2 Å². The third kappa shape index (κ3) is 5.19. The van der Waals surface area contributed by atoms with Gasteiger partial charge in [0.1, 0.15) is 29.9 Å². The first-order chi connectivity index (χ1) is 19.9. The molecule has 2 amide bonds. The molecule has 3 heterocycles. The number of furan rings is 1. The van der Waals surface area contributed by atoms with Crippen molar-refractivity contribution < 1.29 is 18.7 Å². The van der Waals surface area contributed by atoms with E-state index < -0.39 is 23.7 Å². The number of nitrogens with one attached hydrogen (secondary N) is 1. The molecule has 0 radical (unpaired) electrons. The first-order valence-corrected chi connectivity index (χ1v) is 14.0. The van der Waals surface area contributed by atoms with E-state index in [0.29, 0.717) is 37.1 Å². The molecule has 214 valence electrons. The molecule has 2 fully saturated rings. The summed E-state index contributed by atoms with van der Waals surface area (Å²) in [4.78, 5) is 57.4. The second kappa shape index (κ2) is 11.1. The van der Waals surface area contributed by atoms with Gasteiger partial charge in [-0.25, -0.2) is 9.36 Å². The lowest BCUT2D eigenvalue weighted by Crippen LogP contribution is -2.51. The average Bonchev–Trinajstić information content (AvgIpc) is 3.65. The van der Waals surface area contributed by atoms with Crippen molar-refractivity contribution in [2.75, 3.05) is 38.2 Å². The van der Waals surface area contributed by atoms with E-state index in [1.807, 2.05) is 24.3 Å². The van der Waals surface area contributed by atoms with Crippen molar-refractivity contribution in [3.63, 3.8) is 0 Å². The molecule has 2 aromatic heterocycles. The zero-order valence-corrected chi connectivity index (χ0v) is 23.0. The van der Waals surface area contributed by atoms with Gasteiger partial charge in [0.25, 0.3) is 5.56 Å². The highest BCUT2D eigenvalue weighted by Gasteiger charge is 2.27. The molecule has 2 aromatic carbocycles. The Morgan fingerprint density at radius 2 is 1.63 bits per heavy atom. The van der Waals surface area contributed by atoms with E-state index in [2.05, 4.69) is 10.2 Å². The van der Waals surface area contributed by atoms with Gasteiger partial charge in [-0.1, -0.05) is 25.0 Å². The molecule has 0 spiro atoms. The number of rotatable bonds is 7. The van der Waals surface area contributed by atoms with Gasteiger partial charge in [0.05, 0.1) is 7.11 Å². The maximum absolute atomic E-state index is 13.7. The summed E-state index contributed by atoms with van der Waals surface area (Å²) in [5, 5.41) is 3.49. The number of fused-ring (bicyclic) bond motifs is 3. The molecule has 11 heteroatoms. The number of hydrogen-bond acceptors (Lipinski definition) is 7. The first-order valence-electron chi connectivity index (χ1n) is 14.0. The standard InChI is InChI=1S/C30H33N5O6/c1-40-22-12-10-21(11-13-22)32-14-16-33(17-15-32)26(37)19-34-27-23-8-4-5-9-24(23)41-28(27)29(38)35(30(34)39)18-25(36)31-20-6-2-3-7-20/h4-5,8-13,20H,2-3,6-7,14-19H2,1H3,(H,31,36). The summed E-state index contributed by atoms with van der Waals surface area (Å²) < 4.78 is 13.3. The SMILES string of the molecule is COc1ccc(N2CCN(C(=O)Cn3c(=O)n(CC(=O)NC4CCCC4)c(=O)c4oc5ccccc5c43)CC2)cc1. The number of methoxy groups -OCH3 is 1. The Bertz CT molecular complexity index is 1710. The van der Waals surface area contributed by atoms with Crippen molar-refractivity contribution in [2.24, 2.45) is 0 Å². The maximum Gasteiger partial charge on any atom is 0.332 e. The van der Waals surface area contributed by atoms with Crippen LogP contribution in [-0.4, -0.2) is 65.2 Å². The van der Waals surface area contributed by atoms with Crippen LogP contribution < -0.4 is 26.2 Å². The highest BCUT2D eigenvalue weighted by atomic mass is 16.5. The number of para-hydroxylation sites is 1. The minimum Gasteiger partial charge on any atom is -0.497 e. The zero-order chi connectivity index (χ0) is 28.5. The number of hydrogen-bond donors (Lipinski definition) is 1. The average molecular weight is 560 g/mol. The van der Waals surface area contributed by atoms with E-state index in [1.165, 1.54) is 4.57 Å². The molecule has 1 aliphatic heterocycles. The number of aromatic nitrogens is 2. The molecule has 6 rings (SSSR count). The predicted octanol–water partition coefficient (Wildman–Crippen LogP) is 2.33. The van der Waals surface area contributed by atoms with E-state index >= 15 is 0 Å².